The fourth-order valence-electron chi connectivity index (χ4n) is 7.10. The average Bonchev–Trinajstić information content (AvgIpc) is 3.55. The van der Waals surface area contributed by atoms with Crippen molar-refractivity contribution in [1.82, 2.24) is 18.3 Å². The maximum Gasteiger partial charge on any atom is 0.328 e. The molecule has 0 spiro atoms. The fourth-order valence-corrected chi connectivity index (χ4v) is 7.10. The van der Waals surface area contributed by atoms with Crippen LogP contribution >= 0.6 is 0 Å². The lowest BCUT2D eigenvalue weighted by Gasteiger charge is -2.27. The summed E-state index contributed by atoms with van der Waals surface area (Å²) in [5.41, 5.74) is 9.39. The van der Waals surface area contributed by atoms with Crippen LogP contribution < -0.4 is 32.5 Å². The molecule has 51 heavy (non-hydrogen) atoms. The molecule has 0 atom stereocenters. The summed E-state index contributed by atoms with van der Waals surface area (Å²) >= 11 is 0. The molecule has 4 aromatic rings. The van der Waals surface area contributed by atoms with E-state index < -0.39 is 0 Å². The Bertz CT molecular complexity index is 1890. The highest BCUT2D eigenvalue weighted by Crippen LogP contribution is 2.32. The monoisotopic (exact) mass is 710 g/mol. The van der Waals surface area contributed by atoms with Gasteiger partial charge in [0.15, 0.2) is 0 Å². The largest absolute Gasteiger partial charge is 0.497 e. The van der Waals surface area contributed by atoms with Crippen LogP contribution in [-0.2, 0) is 27.2 Å². The van der Waals surface area contributed by atoms with Crippen LogP contribution in [-0.4, -0.2) is 60.5 Å². The number of rotatable bonds is 7. The minimum absolute atomic E-state index is 0.00295. The van der Waals surface area contributed by atoms with Crippen LogP contribution in [0.1, 0.15) is 58.3 Å². The van der Waals surface area contributed by atoms with Crippen LogP contribution in [0.4, 0.5) is 0 Å². The van der Waals surface area contributed by atoms with Crippen molar-refractivity contribution in [2.24, 2.45) is 54.6 Å². The third-order valence-corrected chi connectivity index (χ3v) is 10.00. The SMILES string of the molecule is CCO.COc1ccc2c(c1)n(CC1CCC(C#N)CC1)c(=O)n2C.COc1ccc2c(c1)n(CC1CCC(C(N)=NO)CC1)c(=O)n2C.NO. The Labute approximate surface area is 297 Å². The van der Waals surface area contributed by atoms with E-state index in [-0.39, 0.29) is 29.8 Å². The second kappa shape index (κ2) is 19.6. The zero-order valence-electron chi connectivity index (χ0n) is 30.4. The van der Waals surface area contributed by atoms with Gasteiger partial charge < -0.3 is 30.7 Å². The molecule has 2 saturated carbocycles. The maximum absolute atomic E-state index is 12.6. The van der Waals surface area contributed by atoms with Gasteiger partial charge in [-0.05, 0) is 94.4 Å². The fraction of sp³-hybridized carbons (Fsp3) is 0.556. The lowest BCUT2D eigenvalue weighted by molar-refractivity contribution is 0.275. The van der Waals surface area contributed by atoms with Gasteiger partial charge in [-0.25, -0.2) is 15.5 Å². The van der Waals surface area contributed by atoms with E-state index in [0.29, 0.717) is 24.2 Å². The van der Waals surface area contributed by atoms with Crippen LogP contribution in [0.15, 0.2) is 51.1 Å². The number of nitriles is 1. The number of aromatic nitrogens is 4. The number of nitrogens with two attached hydrogens (primary N) is 2. The minimum atomic E-state index is -0.00295. The van der Waals surface area contributed by atoms with Crippen LogP contribution in [0, 0.1) is 35.0 Å². The van der Waals surface area contributed by atoms with E-state index in [1.54, 1.807) is 44.4 Å². The number of ether oxygens (including phenoxy) is 2. The van der Waals surface area contributed by atoms with Crippen molar-refractivity contribution < 1.29 is 25.0 Å². The first-order valence-corrected chi connectivity index (χ1v) is 17.3. The first-order valence-electron chi connectivity index (χ1n) is 17.3. The van der Waals surface area contributed by atoms with Gasteiger partial charge in [0.05, 0.1) is 42.4 Å². The van der Waals surface area contributed by atoms with Crippen molar-refractivity contribution in [3.8, 4) is 17.6 Å². The third kappa shape index (κ3) is 9.72. The summed E-state index contributed by atoms with van der Waals surface area (Å²) in [7, 11) is 6.86. The summed E-state index contributed by atoms with van der Waals surface area (Å²) in [5, 5.41) is 35.0. The first kappa shape index (κ1) is 40.6. The Morgan fingerprint density at radius 2 is 1.20 bits per heavy atom. The normalized spacial score (nSPS) is 20.2. The van der Waals surface area contributed by atoms with Gasteiger partial charge in [-0.1, -0.05) is 5.16 Å². The standard InChI is InChI=1S/C17H24N4O3.C17H21N3O2.C2H6O.H3NO/c1-20-14-8-7-13(24-2)9-15(14)21(17(20)22)10-11-3-5-12(6-4-11)16(18)19-23;1-19-15-8-7-14(22-2)9-16(15)20(17(19)21)11-13-5-3-12(10-18)4-6-13;1-2-3;1-2/h7-9,11-12,23H,3-6,10H2,1-2H3,(H2,18,19);7-9,12-13H,3-6,11H2,1-2H3;3H,2H2,1H3;2H,1H2. The summed E-state index contributed by atoms with van der Waals surface area (Å²) in [6, 6.07) is 13.8. The highest BCUT2D eigenvalue weighted by molar-refractivity contribution is 5.82. The maximum atomic E-state index is 12.6. The van der Waals surface area contributed by atoms with E-state index in [0.717, 1.165) is 91.5 Å². The highest BCUT2D eigenvalue weighted by Gasteiger charge is 2.26. The summed E-state index contributed by atoms with van der Waals surface area (Å²) in [6.07, 6.45) is 7.65. The highest BCUT2D eigenvalue weighted by atomic mass is 16.5. The van der Waals surface area contributed by atoms with Gasteiger partial charge in [0, 0.05) is 57.8 Å². The topological polar surface area (TPSA) is 221 Å². The smallest absolute Gasteiger partial charge is 0.328 e. The van der Waals surface area contributed by atoms with Crippen LogP contribution in [0.3, 0.4) is 0 Å². The molecule has 2 aliphatic carbocycles. The molecule has 2 aromatic heterocycles. The Hall–Kier alpha value is -4.78. The van der Waals surface area contributed by atoms with E-state index in [9.17, 15) is 9.59 Å². The molecule has 15 heteroatoms. The molecular weight excluding hydrogens is 656 g/mol. The summed E-state index contributed by atoms with van der Waals surface area (Å²) in [6.45, 7) is 3.34. The number of aliphatic hydroxyl groups is 1. The predicted octanol–water partition coefficient (Wildman–Crippen LogP) is 3.91. The first-order chi connectivity index (χ1) is 24.6. The Morgan fingerprint density at radius 1 is 0.804 bits per heavy atom. The number of amidine groups is 1. The number of aryl methyl sites for hydroxylation is 2. The zero-order chi connectivity index (χ0) is 37.7. The molecular formula is C36H54N8O7. The molecule has 6 rings (SSSR count). The van der Waals surface area contributed by atoms with Gasteiger partial charge in [-0.15, -0.1) is 0 Å². The molecule has 2 aromatic carbocycles. The van der Waals surface area contributed by atoms with Crippen molar-refractivity contribution >= 4 is 27.9 Å². The molecule has 2 aliphatic rings. The Morgan fingerprint density at radius 3 is 1.55 bits per heavy atom. The van der Waals surface area contributed by atoms with E-state index in [1.165, 1.54) is 0 Å². The lowest BCUT2D eigenvalue weighted by atomic mass is 9.81. The van der Waals surface area contributed by atoms with E-state index >= 15 is 0 Å². The van der Waals surface area contributed by atoms with Crippen LogP contribution in [0.2, 0.25) is 0 Å². The number of oxime groups is 1. The number of imidazole rings is 2. The number of hydrogen-bond acceptors (Lipinski definition) is 10. The Kier molecular flexibility index (Phi) is 15.6. The van der Waals surface area contributed by atoms with Crippen molar-refractivity contribution in [3.05, 3.63) is 57.4 Å². The van der Waals surface area contributed by atoms with Gasteiger partial charge >= 0.3 is 11.4 Å². The van der Waals surface area contributed by atoms with Gasteiger partial charge in [-0.3, -0.25) is 18.3 Å². The quantitative estimate of drug-likeness (QED) is 0.0805. The van der Waals surface area contributed by atoms with Gasteiger partial charge in [0.2, 0.25) is 0 Å². The number of fused-ring (bicyclic) bond motifs is 2. The summed E-state index contributed by atoms with van der Waals surface area (Å²) in [5.74, 6) is 6.57. The molecule has 0 saturated heterocycles. The lowest BCUT2D eigenvalue weighted by Crippen LogP contribution is -2.31. The van der Waals surface area contributed by atoms with Gasteiger partial charge in [0.1, 0.15) is 17.3 Å². The number of benzene rings is 2. The van der Waals surface area contributed by atoms with Crippen molar-refractivity contribution in [1.29, 1.82) is 5.26 Å². The Balaban J connectivity index is 0.000000245. The van der Waals surface area contributed by atoms with Crippen LogP contribution in [0.25, 0.3) is 22.1 Å². The molecule has 2 fully saturated rings. The summed E-state index contributed by atoms with van der Waals surface area (Å²) in [4.78, 5) is 25.1. The molecule has 0 aliphatic heterocycles. The van der Waals surface area contributed by atoms with Crippen molar-refractivity contribution in [2.75, 3.05) is 20.8 Å². The second-order valence-electron chi connectivity index (χ2n) is 13.0. The van der Waals surface area contributed by atoms with Crippen molar-refractivity contribution in [3.63, 3.8) is 0 Å². The summed E-state index contributed by atoms with van der Waals surface area (Å²) < 4.78 is 17.6. The average molecular weight is 711 g/mol. The molecule has 0 bridgehead atoms. The second-order valence-corrected chi connectivity index (χ2v) is 13.0. The molecule has 0 unspecified atom stereocenters. The van der Waals surface area contributed by atoms with Crippen LogP contribution in [0.5, 0.6) is 11.5 Å². The number of hydrogen-bond donors (Lipinski definition) is 5. The number of aliphatic hydroxyl groups excluding tert-OH is 1. The molecule has 7 N–H and O–H groups in total. The van der Waals surface area contributed by atoms with E-state index in [4.69, 9.17) is 36.0 Å². The van der Waals surface area contributed by atoms with E-state index in [2.05, 4.69) is 17.1 Å². The zero-order valence-corrected chi connectivity index (χ0v) is 30.4. The molecule has 15 nitrogen and oxygen atoms in total. The number of nitrogens with zero attached hydrogens (tertiary/aromatic N) is 6. The molecule has 0 radical (unpaired) electrons. The van der Waals surface area contributed by atoms with Gasteiger partial charge in [0.25, 0.3) is 0 Å². The van der Waals surface area contributed by atoms with Crippen molar-refractivity contribution in [2.45, 2.75) is 71.4 Å². The van der Waals surface area contributed by atoms with E-state index in [1.807, 2.05) is 45.5 Å². The third-order valence-electron chi connectivity index (χ3n) is 10.00. The molecule has 2 heterocycles. The molecule has 0 amide bonds. The van der Waals surface area contributed by atoms with Gasteiger partial charge in [-0.2, -0.15) is 5.26 Å². The predicted molar refractivity (Wildman–Crippen MR) is 196 cm³/mol. The minimum Gasteiger partial charge on any atom is -0.497 e. The number of methoxy groups -OCH3 is 2. The molecule has 280 valence electrons.